The summed E-state index contributed by atoms with van der Waals surface area (Å²) < 4.78 is 45.9. The van der Waals surface area contributed by atoms with Gasteiger partial charge >= 0.3 is 6.18 Å². The molecule has 2 amide bonds. The van der Waals surface area contributed by atoms with Gasteiger partial charge in [0.1, 0.15) is 12.4 Å². The van der Waals surface area contributed by atoms with Gasteiger partial charge < -0.3 is 15.4 Å². The predicted molar refractivity (Wildman–Crippen MR) is 102 cm³/mol. The SMILES string of the molecule is COCCNC(=O)Cn1nc2c(c1NC(=O)c1ccccc1C(F)(F)F)CSC2. The second kappa shape index (κ2) is 8.87. The maximum atomic E-state index is 13.2. The van der Waals surface area contributed by atoms with Crippen LogP contribution in [0.25, 0.3) is 0 Å². The van der Waals surface area contributed by atoms with Gasteiger partial charge in [-0.3, -0.25) is 9.59 Å². The molecule has 7 nitrogen and oxygen atoms in total. The van der Waals surface area contributed by atoms with Gasteiger partial charge in [0.25, 0.3) is 5.91 Å². The lowest BCUT2D eigenvalue weighted by atomic mass is 10.1. The summed E-state index contributed by atoms with van der Waals surface area (Å²) in [6, 6.07) is 4.56. The number of nitrogens with one attached hydrogen (secondary N) is 2. The van der Waals surface area contributed by atoms with E-state index in [2.05, 4.69) is 15.7 Å². The van der Waals surface area contributed by atoms with Gasteiger partial charge in [-0.2, -0.15) is 30.0 Å². The van der Waals surface area contributed by atoms with Gasteiger partial charge in [-0.05, 0) is 12.1 Å². The number of alkyl halides is 3. The molecule has 0 radical (unpaired) electrons. The number of carbonyl (C=O) groups excluding carboxylic acids is 2. The number of fused-ring (bicyclic) bond motifs is 1. The molecule has 0 unspecified atom stereocenters. The molecule has 11 heteroatoms. The Morgan fingerprint density at radius 3 is 2.76 bits per heavy atom. The summed E-state index contributed by atoms with van der Waals surface area (Å²) in [5.41, 5.74) is -0.0831. The number of ether oxygens (including phenoxy) is 1. The van der Waals surface area contributed by atoms with Gasteiger partial charge in [-0.15, -0.1) is 0 Å². The number of nitrogens with zero attached hydrogens (tertiary/aromatic N) is 2. The zero-order chi connectivity index (χ0) is 21.0. The first-order valence-electron chi connectivity index (χ1n) is 8.70. The fraction of sp³-hybridized carbons (Fsp3) is 0.389. The van der Waals surface area contributed by atoms with E-state index in [9.17, 15) is 22.8 Å². The van der Waals surface area contributed by atoms with Gasteiger partial charge in [0.2, 0.25) is 5.91 Å². The Labute approximate surface area is 169 Å². The molecule has 0 spiro atoms. The number of amides is 2. The molecule has 1 aliphatic rings. The third-order valence-corrected chi connectivity index (χ3v) is 5.22. The summed E-state index contributed by atoms with van der Waals surface area (Å²) in [6.07, 6.45) is -4.66. The van der Waals surface area contributed by atoms with Crippen molar-refractivity contribution in [3.8, 4) is 0 Å². The Kier molecular flexibility index (Phi) is 6.48. The van der Waals surface area contributed by atoms with E-state index in [1.807, 2.05) is 0 Å². The van der Waals surface area contributed by atoms with Crippen LogP contribution in [-0.2, 0) is 33.8 Å². The standard InChI is InChI=1S/C18H19F3N4O3S/c1-28-7-6-22-15(26)8-25-16(12-9-29-10-14(12)24-25)23-17(27)11-4-2-3-5-13(11)18(19,20)21/h2-5H,6-10H2,1H3,(H,22,26)(H,23,27). The number of anilines is 1. The Hall–Kier alpha value is -2.53. The van der Waals surface area contributed by atoms with Crippen molar-refractivity contribution in [3.05, 3.63) is 46.6 Å². The average molecular weight is 428 g/mol. The van der Waals surface area contributed by atoms with Crippen molar-refractivity contribution < 1.29 is 27.5 Å². The molecule has 0 fully saturated rings. The van der Waals surface area contributed by atoms with E-state index < -0.39 is 23.2 Å². The van der Waals surface area contributed by atoms with Gasteiger partial charge in [-0.1, -0.05) is 12.1 Å². The quantitative estimate of drug-likeness (QED) is 0.663. The third-order valence-electron chi connectivity index (χ3n) is 4.25. The van der Waals surface area contributed by atoms with Crippen molar-refractivity contribution in [1.29, 1.82) is 0 Å². The molecule has 3 rings (SSSR count). The fourth-order valence-electron chi connectivity index (χ4n) is 2.91. The summed E-state index contributed by atoms with van der Waals surface area (Å²) >= 11 is 1.57. The molecule has 0 bridgehead atoms. The number of halogens is 3. The Balaban J connectivity index is 1.84. The minimum absolute atomic E-state index is 0.169. The number of carbonyl (C=O) groups is 2. The molecule has 2 N–H and O–H groups in total. The normalized spacial score (nSPS) is 13.2. The van der Waals surface area contributed by atoms with Crippen LogP contribution in [0.5, 0.6) is 0 Å². The number of thioether (sulfide) groups is 1. The smallest absolute Gasteiger partial charge is 0.383 e. The van der Waals surface area contributed by atoms with Crippen LogP contribution >= 0.6 is 11.8 Å². The predicted octanol–water partition coefficient (Wildman–Crippen LogP) is 2.66. The highest BCUT2D eigenvalue weighted by Crippen LogP contribution is 2.36. The van der Waals surface area contributed by atoms with Gasteiger partial charge in [0, 0.05) is 30.7 Å². The monoisotopic (exact) mass is 428 g/mol. The molecule has 2 heterocycles. The van der Waals surface area contributed by atoms with E-state index in [1.165, 1.54) is 23.9 Å². The minimum Gasteiger partial charge on any atom is -0.383 e. The van der Waals surface area contributed by atoms with E-state index in [-0.39, 0.29) is 18.3 Å². The molecule has 0 aliphatic carbocycles. The summed E-state index contributed by atoms with van der Waals surface area (Å²) in [6.45, 7) is 0.487. The first-order valence-corrected chi connectivity index (χ1v) is 9.86. The molecular weight excluding hydrogens is 409 g/mol. The minimum atomic E-state index is -4.66. The van der Waals surface area contributed by atoms with E-state index in [4.69, 9.17) is 4.74 Å². The highest BCUT2D eigenvalue weighted by atomic mass is 32.2. The van der Waals surface area contributed by atoms with Crippen molar-refractivity contribution in [2.45, 2.75) is 24.2 Å². The molecule has 1 aromatic heterocycles. The van der Waals surface area contributed by atoms with Crippen LogP contribution in [0.3, 0.4) is 0 Å². The summed E-state index contributed by atoms with van der Waals surface area (Å²) in [4.78, 5) is 24.8. The van der Waals surface area contributed by atoms with Crippen LogP contribution in [-0.4, -0.2) is 41.9 Å². The molecule has 0 saturated heterocycles. The number of methoxy groups -OCH3 is 1. The molecule has 1 aromatic carbocycles. The number of rotatable bonds is 7. The molecule has 29 heavy (non-hydrogen) atoms. The van der Waals surface area contributed by atoms with Crippen LogP contribution in [0.2, 0.25) is 0 Å². The summed E-state index contributed by atoms with van der Waals surface area (Å²) in [5, 5.41) is 9.53. The van der Waals surface area contributed by atoms with Crippen LogP contribution < -0.4 is 10.6 Å². The zero-order valence-corrected chi connectivity index (χ0v) is 16.3. The molecule has 1 aliphatic heterocycles. The van der Waals surface area contributed by atoms with Crippen molar-refractivity contribution in [2.75, 3.05) is 25.6 Å². The Morgan fingerprint density at radius 2 is 2.03 bits per heavy atom. The van der Waals surface area contributed by atoms with Crippen molar-refractivity contribution in [3.63, 3.8) is 0 Å². The second-order valence-corrected chi connectivity index (χ2v) is 7.25. The second-order valence-electron chi connectivity index (χ2n) is 6.26. The van der Waals surface area contributed by atoms with Crippen LogP contribution in [0.15, 0.2) is 24.3 Å². The van der Waals surface area contributed by atoms with E-state index in [0.29, 0.717) is 30.4 Å². The molecule has 156 valence electrons. The number of benzene rings is 1. The summed E-state index contributed by atoms with van der Waals surface area (Å²) in [7, 11) is 1.51. The largest absolute Gasteiger partial charge is 0.417 e. The van der Waals surface area contributed by atoms with E-state index in [0.717, 1.165) is 17.7 Å². The topological polar surface area (TPSA) is 85.2 Å². The number of aromatic nitrogens is 2. The summed E-state index contributed by atoms with van der Waals surface area (Å²) in [5.74, 6) is 0.154. The average Bonchev–Trinajstić information content (AvgIpc) is 3.24. The fourth-order valence-corrected chi connectivity index (χ4v) is 3.94. The maximum absolute atomic E-state index is 13.2. The van der Waals surface area contributed by atoms with Gasteiger partial charge in [0.15, 0.2) is 0 Å². The molecule has 0 atom stereocenters. The number of hydrogen-bond acceptors (Lipinski definition) is 5. The lowest BCUT2D eigenvalue weighted by molar-refractivity contribution is -0.137. The first-order chi connectivity index (χ1) is 13.8. The highest BCUT2D eigenvalue weighted by molar-refractivity contribution is 7.98. The van der Waals surface area contributed by atoms with Gasteiger partial charge in [0.05, 0.1) is 23.4 Å². The van der Waals surface area contributed by atoms with E-state index in [1.54, 1.807) is 11.8 Å². The zero-order valence-electron chi connectivity index (χ0n) is 15.5. The molecule has 2 aromatic rings. The Morgan fingerprint density at radius 1 is 1.28 bits per heavy atom. The number of hydrogen-bond donors (Lipinski definition) is 2. The highest BCUT2D eigenvalue weighted by Gasteiger charge is 2.35. The van der Waals surface area contributed by atoms with Crippen LogP contribution in [0.1, 0.15) is 27.2 Å². The van der Waals surface area contributed by atoms with Crippen molar-refractivity contribution >= 4 is 29.4 Å². The van der Waals surface area contributed by atoms with E-state index >= 15 is 0 Å². The van der Waals surface area contributed by atoms with Crippen LogP contribution in [0.4, 0.5) is 19.0 Å². The maximum Gasteiger partial charge on any atom is 0.417 e. The molecule has 0 saturated carbocycles. The lowest BCUT2D eigenvalue weighted by Crippen LogP contribution is -2.31. The van der Waals surface area contributed by atoms with Crippen LogP contribution in [0, 0.1) is 0 Å². The van der Waals surface area contributed by atoms with Gasteiger partial charge in [-0.25, -0.2) is 4.68 Å². The Bertz CT molecular complexity index is 914. The van der Waals surface area contributed by atoms with Crippen molar-refractivity contribution in [2.24, 2.45) is 0 Å². The first kappa shape index (κ1) is 21.2. The lowest BCUT2D eigenvalue weighted by Gasteiger charge is -2.14. The van der Waals surface area contributed by atoms with Crippen molar-refractivity contribution in [1.82, 2.24) is 15.1 Å². The third kappa shape index (κ3) is 4.91. The molecular formula is C18H19F3N4O3S.